The number of benzene rings is 1. The van der Waals surface area contributed by atoms with Gasteiger partial charge in [0.2, 0.25) is 5.91 Å². The largest absolute Gasteiger partial charge is 0.370 e. The maximum Gasteiger partial charge on any atom is 0.237 e. The van der Waals surface area contributed by atoms with Gasteiger partial charge in [-0.3, -0.25) is 4.79 Å². The van der Waals surface area contributed by atoms with E-state index in [2.05, 4.69) is 39.8 Å². The van der Waals surface area contributed by atoms with Crippen molar-refractivity contribution in [1.29, 1.82) is 0 Å². The van der Waals surface area contributed by atoms with E-state index in [0.717, 1.165) is 18.7 Å². The summed E-state index contributed by atoms with van der Waals surface area (Å²) in [5.74, 6) is 2.45. The molecule has 120 valence electrons. The number of hydrogen-bond acceptors (Lipinski definition) is 4. The molecular weight excluding hydrogens is 318 g/mol. The van der Waals surface area contributed by atoms with E-state index in [1.807, 2.05) is 11.8 Å². The van der Waals surface area contributed by atoms with Crippen molar-refractivity contribution < 1.29 is 4.79 Å². The van der Waals surface area contributed by atoms with E-state index in [1.165, 1.54) is 17.2 Å². The average molecular weight is 340 g/mol. The van der Waals surface area contributed by atoms with Crippen LogP contribution < -0.4 is 15.5 Å². The minimum atomic E-state index is -0.146. The molecule has 0 spiro atoms. The fourth-order valence-corrected chi connectivity index (χ4v) is 4.02. The molecule has 0 saturated carbocycles. The molecule has 2 heterocycles. The Kier molecular flexibility index (Phi) is 5.50. The fraction of sp³-hybridized carbons (Fsp3) is 0.562. The number of amides is 1. The van der Waals surface area contributed by atoms with Crippen LogP contribution in [0.15, 0.2) is 24.3 Å². The van der Waals surface area contributed by atoms with Gasteiger partial charge in [-0.1, -0.05) is 12.1 Å². The summed E-state index contributed by atoms with van der Waals surface area (Å²) in [5, 5.41) is 6.19. The summed E-state index contributed by atoms with van der Waals surface area (Å²) in [6, 6.07) is 8.36. The van der Waals surface area contributed by atoms with Crippen LogP contribution in [0, 0.1) is 0 Å². The third-order valence-corrected chi connectivity index (χ3v) is 5.45. The van der Waals surface area contributed by atoms with Gasteiger partial charge in [0.25, 0.3) is 0 Å². The zero-order valence-electron chi connectivity index (χ0n) is 12.6. The monoisotopic (exact) mass is 339 g/mol. The van der Waals surface area contributed by atoms with Gasteiger partial charge in [-0.2, -0.15) is 11.8 Å². The van der Waals surface area contributed by atoms with E-state index >= 15 is 0 Å². The summed E-state index contributed by atoms with van der Waals surface area (Å²) >= 11 is 8.03. The molecule has 1 aromatic rings. The highest BCUT2D eigenvalue weighted by molar-refractivity contribution is 7.99. The fourth-order valence-electron chi connectivity index (χ4n) is 2.85. The van der Waals surface area contributed by atoms with Gasteiger partial charge in [-0.15, -0.1) is 11.6 Å². The summed E-state index contributed by atoms with van der Waals surface area (Å²) < 4.78 is 0. The molecule has 2 aliphatic rings. The summed E-state index contributed by atoms with van der Waals surface area (Å²) in [4.78, 5) is 14.5. The second-order valence-electron chi connectivity index (χ2n) is 5.78. The Morgan fingerprint density at radius 2 is 2.05 bits per heavy atom. The second-order valence-corrected chi connectivity index (χ2v) is 7.62. The Morgan fingerprint density at radius 3 is 2.68 bits per heavy atom. The highest BCUT2D eigenvalue weighted by atomic mass is 35.5. The maximum atomic E-state index is 12.0. The summed E-state index contributed by atoms with van der Waals surface area (Å²) in [5.41, 5.74) is 2.40. The predicted octanol–water partition coefficient (Wildman–Crippen LogP) is 1.83. The van der Waals surface area contributed by atoms with Crippen LogP contribution in [0.1, 0.15) is 12.0 Å². The zero-order valence-corrected chi connectivity index (χ0v) is 14.1. The number of halogens is 1. The number of hydrogen-bond donors (Lipinski definition) is 2. The Balaban J connectivity index is 1.49. The van der Waals surface area contributed by atoms with Crippen molar-refractivity contribution in [2.24, 2.45) is 0 Å². The van der Waals surface area contributed by atoms with Gasteiger partial charge < -0.3 is 15.5 Å². The molecule has 1 aromatic carbocycles. The first-order valence-corrected chi connectivity index (χ1v) is 9.38. The SMILES string of the molecule is O=C(NCc1ccc(N2CCSCC2)cc1)C1CC(Cl)CN1. The zero-order chi connectivity index (χ0) is 15.4. The van der Waals surface area contributed by atoms with E-state index in [1.54, 1.807) is 0 Å². The molecule has 2 N–H and O–H groups in total. The number of carbonyl (C=O) groups excluding carboxylic acids is 1. The lowest BCUT2D eigenvalue weighted by Gasteiger charge is -2.28. The van der Waals surface area contributed by atoms with Gasteiger partial charge in [0.05, 0.1) is 6.04 Å². The van der Waals surface area contributed by atoms with Crippen LogP contribution in [0.2, 0.25) is 0 Å². The van der Waals surface area contributed by atoms with Crippen molar-refractivity contribution in [2.75, 3.05) is 36.0 Å². The number of anilines is 1. The minimum absolute atomic E-state index is 0.0419. The van der Waals surface area contributed by atoms with Crippen LogP contribution in [0.25, 0.3) is 0 Å². The van der Waals surface area contributed by atoms with Crippen LogP contribution in [0.3, 0.4) is 0 Å². The van der Waals surface area contributed by atoms with E-state index in [-0.39, 0.29) is 17.3 Å². The standard InChI is InChI=1S/C16H22ClN3OS/c17-13-9-15(18-11-13)16(21)19-10-12-1-3-14(4-2-12)20-5-7-22-8-6-20/h1-4,13,15,18H,5-11H2,(H,19,21). The van der Waals surface area contributed by atoms with E-state index in [0.29, 0.717) is 19.5 Å². The minimum Gasteiger partial charge on any atom is -0.370 e. The van der Waals surface area contributed by atoms with E-state index < -0.39 is 0 Å². The lowest BCUT2D eigenvalue weighted by molar-refractivity contribution is -0.122. The lowest BCUT2D eigenvalue weighted by atomic mass is 10.1. The number of nitrogens with zero attached hydrogens (tertiary/aromatic N) is 1. The van der Waals surface area contributed by atoms with Crippen molar-refractivity contribution in [3.63, 3.8) is 0 Å². The number of rotatable bonds is 4. The van der Waals surface area contributed by atoms with Crippen molar-refractivity contribution in [2.45, 2.75) is 24.4 Å². The molecule has 1 amide bonds. The first-order chi connectivity index (χ1) is 10.7. The molecule has 3 rings (SSSR count). The molecule has 2 saturated heterocycles. The van der Waals surface area contributed by atoms with Gasteiger partial charge >= 0.3 is 0 Å². The molecule has 2 fully saturated rings. The van der Waals surface area contributed by atoms with Gasteiger partial charge in [-0.25, -0.2) is 0 Å². The molecule has 4 nitrogen and oxygen atoms in total. The second kappa shape index (κ2) is 7.57. The number of carbonyl (C=O) groups is 1. The number of thioether (sulfide) groups is 1. The Morgan fingerprint density at radius 1 is 1.32 bits per heavy atom. The first-order valence-electron chi connectivity index (χ1n) is 7.79. The maximum absolute atomic E-state index is 12.0. The number of nitrogens with one attached hydrogen (secondary N) is 2. The van der Waals surface area contributed by atoms with Crippen molar-refractivity contribution >= 4 is 35.0 Å². The molecule has 0 radical (unpaired) electrons. The van der Waals surface area contributed by atoms with Crippen LogP contribution in [0.5, 0.6) is 0 Å². The summed E-state index contributed by atoms with van der Waals surface area (Å²) in [6.07, 6.45) is 0.708. The van der Waals surface area contributed by atoms with Gasteiger partial charge in [0.1, 0.15) is 0 Å². The summed E-state index contributed by atoms with van der Waals surface area (Å²) in [7, 11) is 0. The predicted molar refractivity (Wildman–Crippen MR) is 93.9 cm³/mol. The Hall–Kier alpha value is -0.910. The normalized spacial score (nSPS) is 25.2. The van der Waals surface area contributed by atoms with Gasteiger partial charge in [0, 0.05) is 48.7 Å². The molecule has 0 aromatic heterocycles. The van der Waals surface area contributed by atoms with Crippen LogP contribution in [0.4, 0.5) is 5.69 Å². The smallest absolute Gasteiger partial charge is 0.237 e. The summed E-state index contributed by atoms with van der Waals surface area (Å²) in [6.45, 7) is 3.52. The molecule has 2 aliphatic heterocycles. The molecule has 6 heteroatoms. The molecule has 0 bridgehead atoms. The van der Waals surface area contributed by atoms with Crippen LogP contribution in [-0.4, -0.2) is 48.5 Å². The Labute approximate surface area is 141 Å². The molecule has 0 aliphatic carbocycles. The molecule has 2 unspecified atom stereocenters. The molecular formula is C16H22ClN3OS. The molecule has 2 atom stereocenters. The van der Waals surface area contributed by atoms with Crippen molar-refractivity contribution in [3.8, 4) is 0 Å². The first kappa shape index (κ1) is 16.0. The quantitative estimate of drug-likeness (QED) is 0.821. The highest BCUT2D eigenvalue weighted by Gasteiger charge is 2.27. The third-order valence-electron chi connectivity index (χ3n) is 4.17. The van der Waals surface area contributed by atoms with Gasteiger partial charge in [-0.05, 0) is 24.1 Å². The number of alkyl halides is 1. The van der Waals surface area contributed by atoms with E-state index in [9.17, 15) is 4.79 Å². The van der Waals surface area contributed by atoms with Crippen molar-refractivity contribution in [1.82, 2.24) is 10.6 Å². The van der Waals surface area contributed by atoms with Crippen molar-refractivity contribution in [3.05, 3.63) is 29.8 Å². The van der Waals surface area contributed by atoms with Crippen LogP contribution in [-0.2, 0) is 11.3 Å². The average Bonchev–Trinajstić information content (AvgIpc) is 3.00. The topological polar surface area (TPSA) is 44.4 Å². The van der Waals surface area contributed by atoms with Crippen LogP contribution >= 0.6 is 23.4 Å². The van der Waals surface area contributed by atoms with E-state index in [4.69, 9.17) is 11.6 Å². The third kappa shape index (κ3) is 4.09. The highest BCUT2D eigenvalue weighted by Crippen LogP contribution is 2.20. The molecule has 22 heavy (non-hydrogen) atoms. The lowest BCUT2D eigenvalue weighted by Crippen LogP contribution is -2.40. The van der Waals surface area contributed by atoms with Gasteiger partial charge in [0.15, 0.2) is 0 Å². The Bertz CT molecular complexity index is 505.